The van der Waals surface area contributed by atoms with Gasteiger partial charge in [-0.2, -0.15) is 0 Å². The number of carbonyl (C=O) groups excluding carboxylic acids is 4. The van der Waals surface area contributed by atoms with Gasteiger partial charge in [-0.05, 0) is 36.4 Å². The Labute approximate surface area is 227 Å². The Bertz CT molecular complexity index is 1120. The predicted molar refractivity (Wildman–Crippen MR) is 139 cm³/mol. The molecule has 36 heavy (non-hydrogen) atoms. The van der Waals surface area contributed by atoms with Crippen molar-refractivity contribution in [3.05, 3.63) is 80.8 Å². The van der Waals surface area contributed by atoms with E-state index in [1.807, 2.05) is 0 Å². The van der Waals surface area contributed by atoms with Crippen LogP contribution in [0.5, 0.6) is 11.5 Å². The first-order valence-corrected chi connectivity index (χ1v) is 11.7. The number of rotatable bonds is 13. The summed E-state index contributed by atoms with van der Waals surface area (Å²) in [6.45, 7) is 6.26. The van der Waals surface area contributed by atoms with E-state index in [0.29, 0.717) is 0 Å². The van der Waals surface area contributed by atoms with Gasteiger partial charge in [0, 0.05) is 24.2 Å². The largest absolute Gasteiger partial charge is 0.482 e. The number of ketones is 2. The maximum absolute atomic E-state index is 12.0. The fourth-order valence-electron chi connectivity index (χ4n) is 2.68. The van der Waals surface area contributed by atoms with Crippen LogP contribution in [0, 0.1) is 0 Å². The lowest BCUT2D eigenvalue weighted by molar-refractivity contribution is -0.124. The van der Waals surface area contributed by atoms with E-state index in [-0.39, 0.29) is 69.0 Å². The van der Waals surface area contributed by atoms with Crippen LogP contribution in [0.4, 0.5) is 0 Å². The number of amides is 2. The molecule has 0 spiro atoms. The van der Waals surface area contributed by atoms with Gasteiger partial charge in [0.2, 0.25) is 0 Å². The number of hydrogen-bond acceptors (Lipinski definition) is 6. The molecule has 2 rings (SSSR count). The van der Waals surface area contributed by atoms with Crippen molar-refractivity contribution in [2.24, 2.45) is 0 Å². The zero-order valence-corrected chi connectivity index (χ0v) is 21.7. The van der Waals surface area contributed by atoms with Gasteiger partial charge in [-0.1, -0.05) is 59.6 Å². The molecule has 2 N–H and O–H groups in total. The summed E-state index contributed by atoms with van der Waals surface area (Å²) in [4.78, 5) is 47.4. The van der Waals surface area contributed by atoms with Crippen LogP contribution in [0.25, 0.3) is 0 Å². The highest BCUT2D eigenvalue weighted by Crippen LogP contribution is 2.36. The summed E-state index contributed by atoms with van der Waals surface area (Å²) >= 11 is 24.3. The van der Waals surface area contributed by atoms with Crippen LogP contribution in [0.1, 0.15) is 20.7 Å². The Kier molecular flexibility index (Phi) is 11.3. The number of nitrogens with one attached hydrogen (secondary N) is 2. The minimum Gasteiger partial charge on any atom is -0.482 e. The molecule has 0 unspecified atom stereocenters. The SMILES string of the molecule is C=CC(=O)c1ccc(OCC(=O)NCCNC(=O)COc2ccc(C(=O)C=C)c(Cl)c2Cl)c(Cl)c1Cl. The molecule has 0 saturated heterocycles. The molecule has 0 aromatic heterocycles. The van der Waals surface area contributed by atoms with Gasteiger partial charge in [0.15, 0.2) is 24.8 Å². The van der Waals surface area contributed by atoms with Crippen molar-refractivity contribution >= 4 is 69.8 Å². The summed E-state index contributed by atoms with van der Waals surface area (Å²) in [7, 11) is 0. The van der Waals surface area contributed by atoms with Crippen molar-refractivity contribution in [3.8, 4) is 11.5 Å². The van der Waals surface area contributed by atoms with Crippen LogP contribution in [0.2, 0.25) is 20.1 Å². The second kappa shape index (κ2) is 13.9. The van der Waals surface area contributed by atoms with Gasteiger partial charge < -0.3 is 20.1 Å². The van der Waals surface area contributed by atoms with E-state index in [2.05, 4.69) is 23.8 Å². The molecule has 12 heteroatoms. The molecule has 0 atom stereocenters. The van der Waals surface area contributed by atoms with Crippen LogP contribution in [0.3, 0.4) is 0 Å². The molecule has 190 valence electrons. The molecule has 0 bridgehead atoms. The van der Waals surface area contributed by atoms with Crippen LogP contribution in [-0.2, 0) is 9.59 Å². The summed E-state index contributed by atoms with van der Waals surface area (Å²) in [5.41, 5.74) is 0.330. The van der Waals surface area contributed by atoms with E-state index in [9.17, 15) is 19.2 Å². The third-order valence-corrected chi connectivity index (χ3v) is 6.21. The number of allylic oxidation sites excluding steroid dienone is 2. The molecular weight excluding hydrogens is 554 g/mol. The minimum absolute atomic E-state index is 0.00541. The van der Waals surface area contributed by atoms with E-state index < -0.39 is 23.4 Å². The lowest BCUT2D eigenvalue weighted by Gasteiger charge is -2.12. The Morgan fingerprint density at radius 1 is 0.667 bits per heavy atom. The molecule has 2 aromatic rings. The van der Waals surface area contributed by atoms with E-state index in [0.717, 1.165) is 12.2 Å². The first-order valence-electron chi connectivity index (χ1n) is 10.2. The van der Waals surface area contributed by atoms with Crippen molar-refractivity contribution in [2.75, 3.05) is 26.3 Å². The second-order valence-electron chi connectivity index (χ2n) is 6.89. The monoisotopic (exact) mass is 572 g/mol. The van der Waals surface area contributed by atoms with Gasteiger partial charge >= 0.3 is 0 Å². The molecule has 0 radical (unpaired) electrons. The lowest BCUT2D eigenvalue weighted by atomic mass is 10.1. The van der Waals surface area contributed by atoms with Gasteiger partial charge in [0.25, 0.3) is 11.8 Å². The maximum Gasteiger partial charge on any atom is 0.258 e. The topological polar surface area (TPSA) is 111 Å². The fraction of sp³-hybridized carbons (Fsp3) is 0.167. The van der Waals surface area contributed by atoms with Gasteiger partial charge in [-0.3, -0.25) is 19.2 Å². The highest BCUT2D eigenvalue weighted by atomic mass is 35.5. The fourth-order valence-corrected chi connectivity index (χ4v) is 3.62. The second-order valence-corrected chi connectivity index (χ2v) is 8.40. The third-order valence-electron chi connectivity index (χ3n) is 4.48. The van der Waals surface area contributed by atoms with Gasteiger partial charge in [-0.15, -0.1) is 0 Å². The molecule has 8 nitrogen and oxygen atoms in total. The van der Waals surface area contributed by atoms with Crippen LogP contribution in [0.15, 0.2) is 49.6 Å². The molecule has 0 saturated carbocycles. The third kappa shape index (κ3) is 7.73. The number of halogens is 4. The summed E-state index contributed by atoms with van der Waals surface area (Å²) in [6.07, 6.45) is 2.21. The van der Waals surface area contributed by atoms with Crippen molar-refractivity contribution < 1.29 is 28.7 Å². The van der Waals surface area contributed by atoms with Gasteiger partial charge in [0.1, 0.15) is 21.5 Å². The first-order chi connectivity index (χ1) is 17.1. The van der Waals surface area contributed by atoms with E-state index in [1.165, 1.54) is 24.3 Å². The number of hydrogen-bond donors (Lipinski definition) is 2. The van der Waals surface area contributed by atoms with Crippen LogP contribution >= 0.6 is 46.4 Å². The molecular formula is C24H20Cl4N2O6. The summed E-state index contributed by atoms with van der Waals surface area (Å²) < 4.78 is 10.7. The normalized spacial score (nSPS) is 10.2. The van der Waals surface area contributed by atoms with E-state index in [1.54, 1.807) is 0 Å². The zero-order chi connectivity index (χ0) is 26.8. The lowest BCUT2D eigenvalue weighted by Crippen LogP contribution is -2.38. The molecule has 0 aliphatic rings. The van der Waals surface area contributed by atoms with Gasteiger partial charge in [-0.25, -0.2) is 0 Å². The summed E-state index contributed by atoms with van der Waals surface area (Å²) in [6, 6.07) is 5.67. The Balaban J connectivity index is 1.74. The highest BCUT2D eigenvalue weighted by Gasteiger charge is 2.17. The number of benzene rings is 2. The van der Waals surface area contributed by atoms with Crippen molar-refractivity contribution in [2.45, 2.75) is 0 Å². The Morgan fingerprint density at radius 2 is 1.03 bits per heavy atom. The molecule has 2 aromatic carbocycles. The maximum atomic E-state index is 12.0. The molecule has 0 aliphatic heterocycles. The van der Waals surface area contributed by atoms with E-state index >= 15 is 0 Å². The molecule has 0 fully saturated rings. The predicted octanol–water partition coefficient (Wildman–Crippen LogP) is 4.73. The summed E-state index contributed by atoms with van der Waals surface area (Å²) in [5.74, 6) is -1.50. The molecule has 0 heterocycles. The van der Waals surface area contributed by atoms with Crippen molar-refractivity contribution in [1.82, 2.24) is 10.6 Å². The zero-order valence-electron chi connectivity index (χ0n) is 18.7. The van der Waals surface area contributed by atoms with Crippen LogP contribution in [-0.4, -0.2) is 49.7 Å². The standard InChI is InChI=1S/C24H20Cl4N2O6/c1-3-15(31)13-5-7-17(23(27)21(13)25)35-11-19(33)29-9-10-30-20(34)12-36-18-8-6-14(16(32)4-2)22(26)24(18)28/h3-8H,1-2,9-12H2,(H,29,33)(H,30,34). The average Bonchev–Trinajstić information content (AvgIpc) is 2.87. The first kappa shape index (κ1) is 29.2. The van der Waals surface area contributed by atoms with Crippen molar-refractivity contribution in [3.63, 3.8) is 0 Å². The highest BCUT2D eigenvalue weighted by molar-refractivity contribution is 6.45. The quantitative estimate of drug-likeness (QED) is 0.204. The molecule has 2 amide bonds. The number of carbonyl (C=O) groups is 4. The minimum atomic E-state index is -0.477. The molecule has 0 aliphatic carbocycles. The Hall–Kier alpha value is -3.04. The Morgan fingerprint density at radius 3 is 1.36 bits per heavy atom. The van der Waals surface area contributed by atoms with Crippen molar-refractivity contribution in [1.29, 1.82) is 0 Å². The number of ether oxygens (including phenoxy) is 2. The summed E-state index contributed by atoms with van der Waals surface area (Å²) in [5, 5.41) is 5.08. The van der Waals surface area contributed by atoms with Gasteiger partial charge in [0.05, 0.1) is 10.0 Å². The average molecular weight is 574 g/mol. The smallest absolute Gasteiger partial charge is 0.258 e. The van der Waals surface area contributed by atoms with Crippen LogP contribution < -0.4 is 20.1 Å². The van der Waals surface area contributed by atoms with E-state index in [4.69, 9.17) is 55.9 Å².